The molecule has 22 heavy (non-hydrogen) atoms. The summed E-state index contributed by atoms with van der Waals surface area (Å²) in [5, 5.41) is 15.1. The molecule has 120 valence electrons. The van der Waals surface area contributed by atoms with Crippen molar-refractivity contribution >= 4 is 16.5 Å². The van der Waals surface area contributed by atoms with Gasteiger partial charge in [0, 0.05) is 5.54 Å². The molecule has 5 aliphatic rings. The molecule has 2 N–H and O–H groups in total. The van der Waals surface area contributed by atoms with Gasteiger partial charge in [-0.3, -0.25) is 0 Å². The van der Waals surface area contributed by atoms with Gasteiger partial charge in [0.25, 0.3) is 0 Å². The van der Waals surface area contributed by atoms with E-state index in [4.69, 9.17) is 0 Å². The molecule has 0 saturated heterocycles. The first kappa shape index (κ1) is 13.6. The highest BCUT2D eigenvalue weighted by molar-refractivity contribution is 7.16. The van der Waals surface area contributed by atoms with E-state index in [-0.39, 0.29) is 0 Å². The molecule has 6 rings (SSSR count). The third-order valence-electron chi connectivity index (χ3n) is 6.77. The third-order valence-corrected chi connectivity index (χ3v) is 7.89. The van der Waals surface area contributed by atoms with Crippen LogP contribution in [0.5, 0.6) is 5.88 Å². The number of aromatic hydroxyl groups is 1. The highest BCUT2D eigenvalue weighted by Gasteiger charge is 2.51. The Hall–Kier alpha value is -0.770. The molecule has 4 heteroatoms. The Morgan fingerprint density at radius 2 is 1.59 bits per heavy atom. The fourth-order valence-electron chi connectivity index (χ4n) is 6.32. The van der Waals surface area contributed by atoms with Crippen LogP contribution in [0, 0.1) is 17.8 Å². The zero-order chi connectivity index (χ0) is 14.7. The van der Waals surface area contributed by atoms with Crippen molar-refractivity contribution in [3.63, 3.8) is 0 Å². The van der Waals surface area contributed by atoms with E-state index in [2.05, 4.69) is 10.3 Å². The van der Waals surface area contributed by atoms with Crippen molar-refractivity contribution in [3.05, 3.63) is 4.88 Å². The molecule has 5 aliphatic carbocycles. The Kier molecular flexibility index (Phi) is 3.02. The Balaban J connectivity index is 1.38. The van der Waals surface area contributed by atoms with Gasteiger partial charge in [-0.1, -0.05) is 24.2 Å². The van der Waals surface area contributed by atoms with Crippen molar-refractivity contribution < 1.29 is 5.11 Å². The maximum atomic E-state index is 10.3. The van der Waals surface area contributed by atoms with Gasteiger partial charge in [-0.2, -0.15) is 4.98 Å². The number of rotatable bonds is 3. The first-order chi connectivity index (χ1) is 10.7. The van der Waals surface area contributed by atoms with Crippen LogP contribution in [0.3, 0.4) is 0 Å². The molecule has 0 radical (unpaired) electrons. The Morgan fingerprint density at radius 3 is 2.18 bits per heavy atom. The number of thiazole rings is 1. The Morgan fingerprint density at radius 1 is 1.00 bits per heavy atom. The van der Waals surface area contributed by atoms with E-state index in [0.29, 0.717) is 17.3 Å². The number of nitrogens with zero attached hydrogens (tertiary/aromatic N) is 1. The van der Waals surface area contributed by atoms with Gasteiger partial charge in [-0.05, 0) is 75.0 Å². The van der Waals surface area contributed by atoms with E-state index in [0.717, 1.165) is 27.8 Å². The van der Waals surface area contributed by atoms with Crippen molar-refractivity contribution in [2.24, 2.45) is 17.8 Å². The lowest BCUT2D eigenvalue weighted by atomic mass is 9.53. The predicted molar refractivity (Wildman–Crippen MR) is 89.5 cm³/mol. The second-order valence-electron chi connectivity index (χ2n) is 8.51. The minimum atomic E-state index is 0.298. The maximum Gasteiger partial charge on any atom is 0.227 e. The second kappa shape index (κ2) is 4.86. The lowest BCUT2D eigenvalue weighted by Gasteiger charge is -2.56. The molecule has 0 atom stereocenters. The van der Waals surface area contributed by atoms with E-state index in [9.17, 15) is 5.11 Å². The number of hydrogen-bond acceptors (Lipinski definition) is 4. The maximum absolute atomic E-state index is 10.3. The standard InChI is InChI=1S/C18H26N2OS/c21-16-15(14-3-1-2-4-14)22-17(19-16)20-18-8-11-5-12(9-18)7-13(6-11)10-18/h11-14,21H,1-10H2,(H,19,20). The number of anilines is 1. The minimum absolute atomic E-state index is 0.298. The molecule has 1 heterocycles. The molecular weight excluding hydrogens is 292 g/mol. The highest BCUT2D eigenvalue weighted by Crippen LogP contribution is 2.57. The SMILES string of the molecule is Oc1nc(NC23CC4CC(CC(C4)C2)C3)sc1C1CCCC1. The molecule has 5 fully saturated rings. The van der Waals surface area contributed by atoms with Crippen LogP contribution in [-0.2, 0) is 0 Å². The van der Waals surface area contributed by atoms with Crippen molar-refractivity contribution in [2.75, 3.05) is 5.32 Å². The summed E-state index contributed by atoms with van der Waals surface area (Å²) in [5.74, 6) is 3.71. The van der Waals surface area contributed by atoms with Crippen LogP contribution in [-0.4, -0.2) is 15.6 Å². The molecule has 5 saturated carbocycles. The summed E-state index contributed by atoms with van der Waals surface area (Å²) in [5.41, 5.74) is 0.298. The summed E-state index contributed by atoms with van der Waals surface area (Å²) in [7, 11) is 0. The first-order valence-electron chi connectivity index (χ1n) is 9.17. The Labute approximate surface area is 136 Å². The fourth-order valence-corrected chi connectivity index (χ4v) is 7.47. The van der Waals surface area contributed by atoms with E-state index in [1.54, 1.807) is 11.3 Å². The molecule has 3 nitrogen and oxygen atoms in total. The summed E-state index contributed by atoms with van der Waals surface area (Å²) in [4.78, 5) is 5.64. The van der Waals surface area contributed by atoms with Crippen LogP contribution < -0.4 is 5.32 Å². The normalized spacial score (nSPS) is 40.5. The van der Waals surface area contributed by atoms with Crippen LogP contribution >= 0.6 is 11.3 Å². The number of aromatic nitrogens is 1. The van der Waals surface area contributed by atoms with Crippen molar-refractivity contribution in [1.82, 2.24) is 4.98 Å². The second-order valence-corrected chi connectivity index (χ2v) is 9.54. The Bertz CT molecular complexity index is 540. The van der Waals surface area contributed by atoms with Gasteiger partial charge < -0.3 is 10.4 Å². The topological polar surface area (TPSA) is 45.2 Å². The average Bonchev–Trinajstić information content (AvgIpc) is 3.06. The van der Waals surface area contributed by atoms with Crippen LogP contribution in [0.4, 0.5) is 5.13 Å². The monoisotopic (exact) mass is 318 g/mol. The smallest absolute Gasteiger partial charge is 0.227 e. The molecule has 1 aromatic heterocycles. The van der Waals surface area contributed by atoms with Crippen molar-refractivity contribution in [1.29, 1.82) is 0 Å². The molecule has 1 aromatic rings. The summed E-state index contributed by atoms with van der Waals surface area (Å²) in [6.07, 6.45) is 13.5. The zero-order valence-corrected chi connectivity index (χ0v) is 14.0. The van der Waals surface area contributed by atoms with Crippen LogP contribution in [0.1, 0.15) is 75.0 Å². The predicted octanol–water partition coefficient (Wildman–Crippen LogP) is 4.89. The summed E-state index contributed by atoms with van der Waals surface area (Å²) >= 11 is 1.73. The lowest BCUT2D eigenvalue weighted by Crippen LogP contribution is -2.54. The lowest BCUT2D eigenvalue weighted by molar-refractivity contribution is 0.0107. The molecule has 0 aliphatic heterocycles. The minimum Gasteiger partial charge on any atom is -0.492 e. The molecule has 0 amide bonds. The van der Waals surface area contributed by atoms with Crippen molar-refractivity contribution in [3.8, 4) is 5.88 Å². The fraction of sp³-hybridized carbons (Fsp3) is 0.833. The van der Waals surface area contributed by atoms with Gasteiger partial charge in [0.15, 0.2) is 5.13 Å². The first-order valence-corrected chi connectivity index (χ1v) is 9.99. The molecule has 0 aromatic carbocycles. The van der Waals surface area contributed by atoms with E-state index < -0.39 is 0 Å². The van der Waals surface area contributed by atoms with Crippen LogP contribution in [0.25, 0.3) is 0 Å². The van der Waals surface area contributed by atoms with E-state index in [1.807, 2.05) is 0 Å². The van der Waals surface area contributed by atoms with E-state index >= 15 is 0 Å². The van der Waals surface area contributed by atoms with Gasteiger partial charge in [0.1, 0.15) is 0 Å². The summed E-state index contributed by atoms with van der Waals surface area (Å²) < 4.78 is 0. The number of nitrogens with one attached hydrogen (secondary N) is 1. The van der Waals surface area contributed by atoms with Crippen LogP contribution in [0.15, 0.2) is 0 Å². The van der Waals surface area contributed by atoms with Gasteiger partial charge in [-0.25, -0.2) is 0 Å². The highest BCUT2D eigenvalue weighted by atomic mass is 32.1. The quantitative estimate of drug-likeness (QED) is 0.834. The summed E-state index contributed by atoms with van der Waals surface area (Å²) in [6, 6.07) is 0. The molecule has 0 spiro atoms. The molecular formula is C18H26N2OS. The third kappa shape index (κ3) is 2.17. The van der Waals surface area contributed by atoms with Crippen LogP contribution in [0.2, 0.25) is 0 Å². The van der Waals surface area contributed by atoms with Gasteiger partial charge >= 0.3 is 0 Å². The average molecular weight is 318 g/mol. The summed E-state index contributed by atoms with van der Waals surface area (Å²) in [6.45, 7) is 0. The molecule has 4 bridgehead atoms. The molecule has 0 unspecified atom stereocenters. The largest absolute Gasteiger partial charge is 0.492 e. The van der Waals surface area contributed by atoms with Crippen molar-refractivity contribution in [2.45, 2.75) is 75.7 Å². The zero-order valence-electron chi connectivity index (χ0n) is 13.2. The van der Waals surface area contributed by atoms with E-state index in [1.165, 1.54) is 64.2 Å². The van der Waals surface area contributed by atoms with Gasteiger partial charge in [-0.15, -0.1) is 0 Å². The number of hydrogen-bond donors (Lipinski definition) is 2. The van der Waals surface area contributed by atoms with Gasteiger partial charge in [0.05, 0.1) is 4.88 Å². The van der Waals surface area contributed by atoms with Gasteiger partial charge in [0.2, 0.25) is 5.88 Å².